The van der Waals surface area contributed by atoms with Crippen LogP contribution in [0, 0.1) is 14.9 Å². The Hall–Kier alpha value is -1.40. The number of hydrogen-bond donors (Lipinski definition) is 1. The van der Waals surface area contributed by atoms with E-state index in [1.54, 1.807) is 12.1 Å². The molecule has 0 aliphatic heterocycles. The van der Waals surface area contributed by atoms with E-state index in [0.717, 1.165) is 22.2 Å². The molecule has 0 unspecified atom stereocenters. The number of nitrogen functional groups attached to an aromatic ring is 1. The second-order valence-electron chi connectivity index (χ2n) is 3.82. The molecule has 2 aromatic rings. The standard InChI is InChI=1S/C12H11IN4OS/c1-2-3-10-16-12(19-17-10)18-11-8(13)4-7(6-14)5-9(11)15/h4-5H,2-3,15H2,1H3. The summed E-state index contributed by atoms with van der Waals surface area (Å²) < 4.78 is 10.7. The monoisotopic (exact) mass is 386 g/mol. The molecule has 2 N–H and O–H groups in total. The largest absolute Gasteiger partial charge is 0.426 e. The Bertz CT molecular complexity index is 612. The lowest BCUT2D eigenvalue weighted by Gasteiger charge is -2.07. The Morgan fingerprint density at radius 1 is 1.53 bits per heavy atom. The zero-order chi connectivity index (χ0) is 13.8. The smallest absolute Gasteiger partial charge is 0.298 e. The second kappa shape index (κ2) is 6.16. The molecule has 0 fully saturated rings. The van der Waals surface area contributed by atoms with Gasteiger partial charge in [0.1, 0.15) is 5.82 Å². The topological polar surface area (TPSA) is 84.8 Å². The van der Waals surface area contributed by atoms with Crippen LogP contribution in [0.1, 0.15) is 24.7 Å². The quantitative estimate of drug-likeness (QED) is 0.644. The van der Waals surface area contributed by atoms with Crippen LogP contribution in [-0.2, 0) is 6.42 Å². The van der Waals surface area contributed by atoms with Crippen LogP contribution in [0.25, 0.3) is 0 Å². The number of aromatic nitrogens is 2. The lowest BCUT2D eigenvalue weighted by Crippen LogP contribution is -1.96. The first-order chi connectivity index (χ1) is 9.13. The van der Waals surface area contributed by atoms with E-state index < -0.39 is 0 Å². The normalized spacial score (nSPS) is 10.2. The van der Waals surface area contributed by atoms with Crippen molar-refractivity contribution in [2.45, 2.75) is 19.8 Å². The number of nitriles is 1. The van der Waals surface area contributed by atoms with Crippen molar-refractivity contribution in [3.63, 3.8) is 0 Å². The summed E-state index contributed by atoms with van der Waals surface area (Å²) in [5, 5.41) is 9.33. The van der Waals surface area contributed by atoms with Gasteiger partial charge in [-0.2, -0.15) is 14.6 Å². The molecule has 2 rings (SSSR count). The average molecular weight is 386 g/mol. The van der Waals surface area contributed by atoms with Crippen molar-refractivity contribution in [1.82, 2.24) is 9.36 Å². The SMILES string of the molecule is CCCc1nsc(Oc2c(N)cc(C#N)cc2I)n1. The molecule has 0 amide bonds. The van der Waals surface area contributed by atoms with E-state index in [1.807, 2.05) is 0 Å². The summed E-state index contributed by atoms with van der Waals surface area (Å²) in [6.07, 6.45) is 1.83. The summed E-state index contributed by atoms with van der Waals surface area (Å²) in [7, 11) is 0. The molecular weight excluding hydrogens is 375 g/mol. The van der Waals surface area contributed by atoms with Gasteiger partial charge in [0.25, 0.3) is 5.19 Å². The van der Waals surface area contributed by atoms with Crippen molar-refractivity contribution in [1.29, 1.82) is 5.26 Å². The Labute approximate surface area is 128 Å². The molecule has 98 valence electrons. The lowest BCUT2D eigenvalue weighted by molar-refractivity contribution is 0.476. The molecule has 0 aliphatic rings. The molecule has 1 heterocycles. The van der Waals surface area contributed by atoms with Gasteiger partial charge in [-0.15, -0.1) is 0 Å². The Morgan fingerprint density at radius 2 is 2.32 bits per heavy atom. The first kappa shape index (κ1) is 14.0. The Balaban J connectivity index is 2.25. The summed E-state index contributed by atoms with van der Waals surface area (Å²) in [6.45, 7) is 2.07. The number of ether oxygens (including phenoxy) is 1. The predicted molar refractivity (Wildman–Crippen MR) is 82.3 cm³/mol. The number of aryl methyl sites for hydroxylation is 1. The van der Waals surface area contributed by atoms with Crippen LogP contribution in [0.4, 0.5) is 5.69 Å². The highest BCUT2D eigenvalue weighted by atomic mass is 127. The summed E-state index contributed by atoms with van der Waals surface area (Å²) in [6, 6.07) is 5.37. The molecule has 0 spiro atoms. The molecule has 0 bridgehead atoms. The maximum Gasteiger partial charge on any atom is 0.298 e. The zero-order valence-corrected chi connectivity index (χ0v) is 13.2. The number of anilines is 1. The highest BCUT2D eigenvalue weighted by Crippen LogP contribution is 2.34. The Kier molecular flexibility index (Phi) is 4.55. The van der Waals surface area contributed by atoms with Gasteiger partial charge in [0.2, 0.25) is 0 Å². The van der Waals surface area contributed by atoms with Crippen molar-refractivity contribution < 1.29 is 4.74 Å². The second-order valence-corrected chi connectivity index (χ2v) is 5.69. The van der Waals surface area contributed by atoms with Gasteiger partial charge in [-0.3, -0.25) is 0 Å². The first-order valence-electron chi connectivity index (χ1n) is 5.63. The van der Waals surface area contributed by atoms with Gasteiger partial charge in [-0.1, -0.05) is 6.92 Å². The van der Waals surface area contributed by atoms with Crippen LogP contribution in [-0.4, -0.2) is 9.36 Å². The van der Waals surface area contributed by atoms with Gasteiger partial charge in [0, 0.05) is 18.0 Å². The molecule has 0 atom stereocenters. The minimum Gasteiger partial charge on any atom is -0.426 e. The number of hydrogen-bond acceptors (Lipinski definition) is 6. The van der Waals surface area contributed by atoms with Gasteiger partial charge in [0.15, 0.2) is 5.75 Å². The number of rotatable bonds is 4. The highest BCUT2D eigenvalue weighted by molar-refractivity contribution is 14.1. The fourth-order valence-corrected chi connectivity index (χ4v) is 2.82. The third kappa shape index (κ3) is 3.33. The van der Waals surface area contributed by atoms with Crippen LogP contribution in [0.15, 0.2) is 12.1 Å². The molecule has 19 heavy (non-hydrogen) atoms. The number of nitrogens with zero attached hydrogens (tertiary/aromatic N) is 3. The van der Waals surface area contributed by atoms with Crippen molar-refractivity contribution in [2.75, 3.05) is 5.73 Å². The molecule has 0 saturated carbocycles. The van der Waals surface area contributed by atoms with Crippen molar-refractivity contribution >= 4 is 39.8 Å². The molecule has 0 radical (unpaired) electrons. The van der Waals surface area contributed by atoms with Gasteiger partial charge < -0.3 is 10.5 Å². The first-order valence-corrected chi connectivity index (χ1v) is 7.48. The van der Waals surface area contributed by atoms with E-state index >= 15 is 0 Å². The van der Waals surface area contributed by atoms with Crippen LogP contribution in [0.5, 0.6) is 10.9 Å². The minimum atomic E-state index is 0.427. The molecule has 0 aliphatic carbocycles. The fourth-order valence-electron chi connectivity index (χ4n) is 1.48. The van der Waals surface area contributed by atoms with Gasteiger partial charge in [-0.25, -0.2) is 0 Å². The number of benzene rings is 1. The summed E-state index contributed by atoms with van der Waals surface area (Å²) >= 11 is 3.29. The van der Waals surface area contributed by atoms with Crippen molar-refractivity contribution in [3.05, 3.63) is 27.1 Å². The minimum absolute atomic E-state index is 0.427. The van der Waals surface area contributed by atoms with Crippen LogP contribution in [0.3, 0.4) is 0 Å². The third-order valence-corrected chi connectivity index (χ3v) is 3.75. The van der Waals surface area contributed by atoms with Gasteiger partial charge >= 0.3 is 0 Å². The van der Waals surface area contributed by atoms with Crippen LogP contribution >= 0.6 is 34.1 Å². The Morgan fingerprint density at radius 3 is 2.95 bits per heavy atom. The van der Waals surface area contributed by atoms with E-state index in [4.69, 9.17) is 15.7 Å². The zero-order valence-electron chi connectivity index (χ0n) is 10.2. The van der Waals surface area contributed by atoms with Gasteiger partial charge in [0.05, 0.1) is 20.9 Å². The average Bonchev–Trinajstić information content (AvgIpc) is 2.81. The lowest BCUT2D eigenvalue weighted by atomic mass is 10.2. The third-order valence-electron chi connectivity index (χ3n) is 2.31. The van der Waals surface area contributed by atoms with E-state index in [9.17, 15) is 0 Å². The van der Waals surface area contributed by atoms with E-state index in [2.05, 4.69) is 44.9 Å². The summed E-state index contributed by atoms with van der Waals surface area (Å²) in [5.74, 6) is 1.31. The number of nitrogens with two attached hydrogens (primary N) is 1. The van der Waals surface area contributed by atoms with E-state index in [1.165, 1.54) is 11.5 Å². The molecule has 1 aromatic carbocycles. The van der Waals surface area contributed by atoms with E-state index in [-0.39, 0.29) is 0 Å². The highest BCUT2D eigenvalue weighted by Gasteiger charge is 2.12. The molecule has 1 aromatic heterocycles. The fraction of sp³-hybridized carbons (Fsp3) is 0.250. The van der Waals surface area contributed by atoms with Crippen LogP contribution in [0.2, 0.25) is 0 Å². The van der Waals surface area contributed by atoms with E-state index in [0.29, 0.717) is 22.2 Å². The van der Waals surface area contributed by atoms with Crippen LogP contribution < -0.4 is 10.5 Å². The molecular formula is C12H11IN4OS. The summed E-state index contributed by atoms with van der Waals surface area (Å²) in [4.78, 5) is 4.28. The van der Waals surface area contributed by atoms with Gasteiger partial charge in [-0.05, 0) is 41.1 Å². The van der Waals surface area contributed by atoms with Crippen molar-refractivity contribution in [3.8, 4) is 17.0 Å². The molecule has 7 heteroatoms. The summed E-state index contributed by atoms with van der Waals surface area (Å²) in [5.41, 5.74) is 6.83. The predicted octanol–water partition coefficient (Wildman–Crippen LogP) is 3.34. The number of halogens is 1. The molecule has 0 saturated heterocycles. The maximum absolute atomic E-state index is 8.86. The maximum atomic E-state index is 8.86. The van der Waals surface area contributed by atoms with Crippen molar-refractivity contribution in [2.24, 2.45) is 0 Å². The molecule has 5 nitrogen and oxygen atoms in total.